The van der Waals surface area contributed by atoms with E-state index in [0.717, 1.165) is 5.56 Å². The molecule has 2 heterocycles. The number of nitrogens with zero attached hydrogens (tertiary/aromatic N) is 3. The Balaban J connectivity index is 1.63. The highest BCUT2D eigenvalue weighted by atomic mass is 19.1. The van der Waals surface area contributed by atoms with Crippen molar-refractivity contribution in [3.63, 3.8) is 0 Å². The van der Waals surface area contributed by atoms with Gasteiger partial charge in [0.25, 0.3) is 5.56 Å². The van der Waals surface area contributed by atoms with E-state index in [0.29, 0.717) is 27.8 Å². The summed E-state index contributed by atoms with van der Waals surface area (Å²) in [5.41, 5.74) is 3.14. The smallest absolute Gasteiger partial charge is 0.321 e. The lowest BCUT2D eigenvalue weighted by Crippen LogP contribution is -2.43. The van der Waals surface area contributed by atoms with Gasteiger partial charge in [0, 0.05) is 38.5 Å². The number of urea groups is 1. The van der Waals surface area contributed by atoms with Crippen LogP contribution in [-0.4, -0.2) is 58.5 Å². The molecule has 2 aromatic carbocycles. The first-order valence-electron chi connectivity index (χ1n) is 12.0. The minimum Gasteiger partial charge on any atom is -0.389 e. The largest absolute Gasteiger partial charge is 0.389 e. The number of benzene rings is 2. The van der Waals surface area contributed by atoms with E-state index in [1.165, 1.54) is 53.4 Å². The van der Waals surface area contributed by atoms with Gasteiger partial charge in [0.1, 0.15) is 5.82 Å². The van der Waals surface area contributed by atoms with Gasteiger partial charge in [0.15, 0.2) is 5.78 Å². The molecule has 2 atom stereocenters. The highest BCUT2D eigenvalue weighted by molar-refractivity contribution is 6.00. The molecule has 1 aliphatic rings. The van der Waals surface area contributed by atoms with E-state index < -0.39 is 18.0 Å². The van der Waals surface area contributed by atoms with E-state index in [4.69, 9.17) is 4.74 Å². The monoisotopic (exact) mass is 520 g/mol. The Morgan fingerprint density at radius 1 is 1.18 bits per heavy atom. The number of amides is 2. The highest BCUT2D eigenvalue weighted by Crippen LogP contribution is 2.29. The molecule has 0 spiro atoms. The van der Waals surface area contributed by atoms with Crippen LogP contribution in [0.5, 0.6) is 0 Å². The number of Topliss-reactive ketones (excluding diaryl/α,β-unsaturated/α-hetero) is 1. The van der Waals surface area contributed by atoms with Gasteiger partial charge in [-0.1, -0.05) is 30.3 Å². The van der Waals surface area contributed by atoms with E-state index in [2.05, 4.69) is 10.4 Å². The molecule has 0 fully saturated rings. The minimum atomic E-state index is -0.886. The molecule has 3 aromatic rings. The van der Waals surface area contributed by atoms with Crippen LogP contribution in [0.3, 0.4) is 0 Å². The van der Waals surface area contributed by atoms with Crippen LogP contribution in [-0.2, 0) is 22.5 Å². The van der Waals surface area contributed by atoms with E-state index in [1.807, 2.05) is 13.0 Å². The number of carbonyl (C=O) groups is 2. The van der Waals surface area contributed by atoms with Gasteiger partial charge in [-0.2, -0.15) is 5.10 Å². The number of aliphatic hydroxyl groups is 1. The normalized spacial score (nSPS) is 16.1. The van der Waals surface area contributed by atoms with Crippen LogP contribution in [0, 0.1) is 12.7 Å². The van der Waals surface area contributed by atoms with E-state index >= 15 is 0 Å². The Bertz CT molecular complexity index is 1430. The van der Waals surface area contributed by atoms with Crippen LogP contribution in [0.25, 0.3) is 11.1 Å². The van der Waals surface area contributed by atoms with Gasteiger partial charge in [0.05, 0.1) is 30.9 Å². The number of carbonyl (C=O) groups excluding carboxylic acids is 2. The summed E-state index contributed by atoms with van der Waals surface area (Å²) < 4.78 is 19.6. The first-order chi connectivity index (χ1) is 18.2. The summed E-state index contributed by atoms with van der Waals surface area (Å²) in [6.45, 7) is 1.92. The maximum absolute atomic E-state index is 13.5. The van der Waals surface area contributed by atoms with Crippen molar-refractivity contribution >= 4 is 11.8 Å². The Morgan fingerprint density at radius 3 is 2.63 bits per heavy atom. The molecular formula is C28H29FN4O5. The van der Waals surface area contributed by atoms with Crippen molar-refractivity contribution in [2.75, 3.05) is 20.8 Å². The van der Waals surface area contributed by atoms with Crippen molar-refractivity contribution in [3.05, 3.63) is 99.4 Å². The number of ketones is 1. The van der Waals surface area contributed by atoms with E-state index in [1.54, 1.807) is 25.2 Å². The topological polar surface area (TPSA) is 114 Å². The number of rotatable bonds is 9. The van der Waals surface area contributed by atoms with Crippen LogP contribution in [0.2, 0.25) is 0 Å². The zero-order valence-corrected chi connectivity index (χ0v) is 21.3. The second kappa shape index (κ2) is 11.5. The molecule has 0 bridgehead atoms. The summed E-state index contributed by atoms with van der Waals surface area (Å²) in [6.07, 6.45) is 2.13. The van der Waals surface area contributed by atoms with Crippen molar-refractivity contribution in [2.45, 2.75) is 32.0 Å². The number of halogens is 1. The van der Waals surface area contributed by atoms with Gasteiger partial charge >= 0.3 is 6.03 Å². The van der Waals surface area contributed by atoms with Gasteiger partial charge in [0.2, 0.25) is 0 Å². The molecule has 198 valence electrons. The third kappa shape index (κ3) is 5.87. The zero-order valence-electron chi connectivity index (χ0n) is 21.3. The molecule has 0 saturated heterocycles. The molecule has 9 nitrogen and oxygen atoms in total. The molecule has 2 N–H and O–H groups in total. The lowest BCUT2D eigenvalue weighted by molar-refractivity contribution is -0.115. The predicted octanol–water partition coefficient (Wildman–Crippen LogP) is 2.76. The Kier molecular flexibility index (Phi) is 8.13. The fraction of sp³-hybridized carbons (Fsp3) is 0.286. The highest BCUT2D eigenvalue weighted by Gasteiger charge is 2.30. The lowest BCUT2D eigenvalue weighted by atomic mass is 9.90. The number of aliphatic hydroxyl groups excluding tert-OH is 1. The first-order valence-corrected chi connectivity index (χ1v) is 12.0. The summed E-state index contributed by atoms with van der Waals surface area (Å²) in [5, 5.41) is 16.9. The number of ether oxygens (including phenoxy) is 1. The summed E-state index contributed by atoms with van der Waals surface area (Å²) in [5.74, 6) is -0.637. The average Bonchev–Trinajstić information content (AvgIpc) is 2.88. The first kappa shape index (κ1) is 26.9. The Morgan fingerprint density at radius 2 is 1.92 bits per heavy atom. The Labute approximate surface area is 219 Å². The van der Waals surface area contributed by atoms with Gasteiger partial charge in [-0.05, 0) is 47.4 Å². The fourth-order valence-electron chi connectivity index (χ4n) is 4.35. The average molecular weight is 521 g/mol. The second-order valence-corrected chi connectivity index (χ2v) is 9.21. The molecule has 0 radical (unpaired) electrons. The summed E-state index contributed by atoms with van der Waals surface area (Å²) in [6, 6.07) is 11.6. The van der Waals surface area contributed by atoms with Crippen molar-refractivity contribution in [2.24, 2.45) is 0 Å². The van der Waals surface area contributed by atoms with Gasteiger partial charge < -0.3 is 20.1 Å². The molecule has 10 heteroatoms. The van der Waals surface area contributed by atoms with Gasteiger partial charge in [-0.25, -0.2) is 13.9 Å². The zero-order chi connectivity index (χ0) is 27.4. The molecular weight excluding hydrogens is 491 g/mol. The number of hydrogen-bond acceptors (Lipinski definition) is 6. The lowest BCUT2D eigenvalue weighted by Gasteiger charge is -2.30. The molecule has 1 aliphatic heterocycles. The third-order valence-corrected chi connectivity index (χ3v) is 6.42. The van der Waals surface area contributed by atoms with Crippen molar-refractivity contribution in [3.8, 4) is 11.1 Å². The van der Waals surface area contributed by atoms with Crippen molar-refractivity contribution < 1.29 is 23.8 Å². The summed E-state index contributed by atoms with van der Waals surface area (Å²) in [4.78, 5) is 40.2. The van der Waals surface area contributed by atoms with Crippen molar-refractivity contribution in [1.82, 2.24) is 20.0 Å². The standard InChI is InChI=1S/C28H29FN4O5/c1-17-4-5-19(23-10-11-30-33(27(23)36)14-22(34)16-38-3)12-20(17)13-25(35)24-15-32(2)28(37)31-26(24)18-6-8-21(29)9-7-18/h4-12,15,22,26,34H,13-14,16H2,1-3H3,(H,31,37)/t22-,26+/m1/s1. The minimum absolute atomic E-state index is 0.0180. The van der Waals surface area contributed by atoms with E-state index in [9.17, 15) is 23.9 Å². The van der Waals surface area contributed by atoms with Crippen LogP contribution >= 0.6 is 0 Å². The molecule has 0 saturated carbocycles. The summed E-state index contributed by atoms with van der Waals surface area (Å²) >= 11 is 0. The summed E-state index contributed by atoms with van der Waals surface area (Å²) in [7, 11) is 3.01. The maximum atomic E-state index is 13.5. The molecule has 0 aliphatic carbocycles. The third-order valence-electron chi connectivity index (χ3n) is 6.42. The second-order valence-electron chi connectivity index (χ2n) is 9.21. The van der Waals surface area contributed by atoms with Crippen LogP contribution < -0.4 is 10.9 Å². The fourth-order valence-corrected chi connectivity index (χ4v) is 4.35. The van der Waals surface area contributed by atoms with Gasteiger partial charge in [-0.3, -0.25) is 9.59 Å². The number of aryl methyl sites for hydroxylation is 1. The number of nitrogens with one attached hydrogen (secondary N) is 1. The Hall–Kier alpha value is -4.15. The number of methoxy groups -OCH3 is 1. The van der Waals surface area contributed by atoms with Crippen molar-refractivity contribution in [1.29, 1.82) is 0 Å². The van der Waals surface area contributed by atoms with Crippen LogP contribution in [0.15, 0.2) is 71.3 Å². The van der Waals surface area contributed by atoms with Crippen LogP contribution in [0.4, 0.5) is 9.18 Å². The van der Waals surface area contributed by atoms with Gasteiger partial charge in [-0.15, -0.1) is 0 Å². The molecule has 38 heavy (non-hydrogen) atoms. The number of aromatic nitrogens is 2. The SMILES string of the molecule is COC[C@H](O)Cn1nccc(-c2ccc(C)c(CC(=O)C3=CN(C)C(=O)N[C@H]3c3ccc(F)cc3)c2)c1=O. The predicted molar refractivity (Wildman–Crippen MR) is 139 cm³/mol. The van der Waals surface area contributed by atoms with Crippen LogP contribution in [0.1, 0.15) is 22.7 Å². The molecule has 0 unspecified atom stereocenters. The quantitative estimate of drug-likeness (QED) is 0.449. The number of hydrogen-bond donors (Lipinski definition) is 2. The molecule has 1 aromatic heterocycles. The molecule has 4 rings (SSSR count). The molecule has 2 amide bonds. The van der Waals surface area contributed by atoms with E-state index in [-0.39, 0.29) is 36.9 Å². The maximum Gasteiger partial charge on any atom is 0.321 e.